The second kappa shape index (κ2) is 14.8. The first-order valence-electron chi connectivity index (χ1n) is 14.9. The van der Waals surface area contributed by atoms with E-state index in [1.165, 1.54) is 18.6 Å². The van der Waals surface area contributed by atoms with Crippen LogP contribution in [0.5, 0.6) is 0 Å². The van der Waals surface area contributed by atoms with Crippen LogP contribution < -0.4 is 0 Å². The molecule has 1 fully saturated rings. The molecule has 0 bridgehead atoms. The van der Waals surface area contributed by atoms with E-state index in [9.17, 15) is 14.0 Å². The number of amides is 2. The molecule has 5 nitrogen and oxygen atoms in total. The predicted molar refractivity (Wildman–Crippen MR) is 158 cm³/mol. The van der Waals surface area contributed by atoms with E-state index in [4.69, 9.17) is 0 Å². The van der Waals surface area contributed by atoms with E-state index in [-0.39, 0.29) is 30.2 Å². The topological polar surface area (TPSA) is 45.6 Å². The Kier molecular flexibility index (Phi) is 11.0. The van der Waals surface area contributed by atoms with Crippen molar-refractivity contribution in [2.45, 2.75) is 84.3 Å². The zero-order chi connectivity index (χ0) is 28.3. The van der Waals surface area contributed by atoms with Gasteiger partial charge in [-0.3, -0.25) is 9.59 Å². The van der Waals surface area contributed by atoms with Crippen molar-refractivity contribution in [3.8, 4) is 0 Å². The quantitative estimate of drug-likeness (QED) is 0.236. The van der Waals surface area contributed by atoms with Gasteiger partial charge in [0.2, 0.25) is 11.8 Å². The summed E-state index contributed by atoms with van der Waals surface area (Å²) >= 11 is 0. The maximum Gasteiger partial charge on any atom is 0.242 e. The SMILES string of the molecule is CC(C)CCN(CC(=O)N(Cc1cccn1Cc1ccc(F)cc1)C1CCCCC1)C(=O)CCc1ccccc1. The lowest BCUT2D eigenvalue weighted by Gasteiger charge is -2.36. The van der Waals surface area contributed by atoms with Crippen molar-refractivity contribution in [3.05, 3.63) is 95.6 Å². The summed E-state index contributed by atoms with van der Waals surface area (Å²) in [6, 6.07) is 20.9. The first-order chi connectivity index (χ1) is 19.4. The third-order valence-electron chi connectivity index (χ3n) is 7.98. The molecule has 0 atom stereocenters. The largest absolute Gasteiger partial charge is 0.345 e. The number of rotatable bonds is 13. The molecule has 4 rings (SSSR count). The number of aromatic nitrogens is 1. The van der Waals surface area contributed by atoms with Crippen molar-refractivity contribution >= 4 is 11.8 Å². The van der Waals surface area contributed by atoms with Crippen LogP contribution in [0.3, 0.4) is 0 Å². The highest BCUT2D eigenvalue weighted by atomic mass is 19.1. The number of hydrogen-bond acceptors (Lipinski definition) is 2. The molecule has 1 saturated carbocycles. The van der Waals surface area contributed by atoms with Crippen molar-refractivity contribution in [2.24, 2.45) is 5.92 Å². The fraction of sp³-hybridized carbons (Fsp3) is 0.471. The number of hydrogen-bond donors (Lipinski definition) is 0. The standard InChI is InChI=1S/C34H44FN3O2/c1-27(2)21-23-37(33(39)20-17-28-10-5-3-6-11-28)26-34(40)38(31-12-7-4-8-13-31)25-32-14-9-22-36(32)24-29-15-18-30(35)19-16-29/h3,5-6,9-11,14-16,18-19,22,27,31H,4,7-8,12-13,17,20-21,23-26H2,1-2H3. The molecular weight excluding hydrogens is 501 g/mol. The lowest BCUT2D eigenvalue weighted by molar-refractivity contribution is -0.143. The van der Waals surface area contributed by atoms with Gasteiger partial charge in [0, 0.05) is 37.4 Å². The van der Waals surface area contributed by atoms with E-state index in [2.05, 4.69) is 24.5 Å². The van der Waals surface area contributed by atoms with Gasteiger partial charge in [-0.2, -0.15) is 0 Å². The number of halogens is 1. The van der Waals surface area contributed by atoms with Crippen LogP contribution in [0, 0.1) is 11.7 Å². The van der Waals surface area contributed by atoms with Crippen molar-refractivity contribution in [1.82, 2.24) is 14.4 Å². The molecule has 3 aromatic rings. The lowest BCUT2D eigenvalue weighted by atomic mass is 9.94. The second-order valence-electron chi connectivity index (χ2n) is 11.6. The fourth-order valence-electron chi connectivity index (χ4n) is 5.54. The van der Waals surface area contributed by atoms with Gasteiger partial charge in [-0.15, -0.1) is 0 Å². The van der Waals surface area contributed by atoms with Crippen LogP contribution >= 0.6 is 0 Å². The van der Waals surface area contributed by atoms with Crippen molar-refractivity contribution in [2.75, 3.05) is 13.1 Å². The van der Waals surface area contributed by atoms with E-state index >= 15 is 0 Å². The molecular formula is C34H44FN3O2. The summed E-state index contributed by atoms with van der Waals surface area (Å²) in [5.41, 5.74) is 3.20. The highest BCUT2D eigenvalue weighted by Crippen LogP contribution is 2.25. The van der Waals surface area contributed by atoms with E-state index < -0.39 is 0 Å². The molecule has 40 heavy (non-hydrogen) atoms. The molecule has 0 aliphatic heterocycles. The van der Waals surface area contributed by atoms with Crippen LogP contribution in [-0.4, -0.2) is 45.3 Å². The molecule has 6 heteroatoms. The van der Waals surface area contributed by atoms with Crippen molar-refractivity contribution < 1.29 is 14.0 Å². The molecule has 1 aromatic heterocycles. The van der Waals surface area contributed by atoms with Gasteiger partial charge in [0.15, 0.2) is 0 Å². The number of carbonyl (C=O) groups is 2. The van der Waals surface area contributed by atoms with E-state index in [1.54, 1.807) is 17.0 Å². The Morgan fingerprint density at radius 3 is 2.33 bits per heavy atom. The minimum Gasteiger partial charge on any atom is -0.345 e. The van der Waals surface area contributed by atoms with Crippen LogP contribution in [0.1, 0.15) is 75.6 Å². The predicted octanol–water partition coefficient (Wildman–Crippen LogP) is 6.84. The van der Waals surface area contributed by atoms with Gasteiger partial charge in [-0.05, 0) is 67.0 Å². The molecule has 214 valence electrons. The van der Waals surface area contributed by atoms with Gasteiger partial charge in [0.25, 0.3) is 0 Å². The Bertz CT molecular complexity index is 1200. The van der Waals surface area contributed by atoms with Crippen molar-refractivity contribution in [3.63, 3.8) is 0 Å². The highest BCUT2D eigenvalue weighted by molar-refractivity contribution is 5.85. The van der Waals surface area contributed by atoms with Gasteiger partial charge in [0.05, 0.1) is 13.1 Å². The second-order valence-corrected chi connectivity index (χ2v) is 11.6. The number of benzene rings is 2. The van der Waals surface area contributed by atoms with Crippen LogP contribution in [0.25, 0.3) is 0 Å². The van der Waals surface area contributed by atoms with E-state index in [0.717, 1.165) is 48.9 Å². The average Bonchev–Trinajstić information content (AvgIpc) is 3.41. The first-order valence-corrected chi connectivity index (χ1v) is 14.9. The monoisotopic (exact) mass is 545 g/mol. The number of aryl methyl sites for hydroxylation is 1. The minimum absolute atomic E-state index is 0.0262. The molecule has 0 spiro atoms. The Morgan fingerprint density at radius 1 is 0.900 bits per heavy atom. The van der Waals surface area contributed by atoms with Crippen LogP contribution in [0.4, 0.5) is 4.39 Å². The van der Waals surface area contributed by atoms with Crippen molar-refractivity contribution in [1.29, 1.82) is 0 Å². The summed E-state index contributed by atoms with van der Waals surface area (Å²) in [7, 11) is 0. The summed E-state index contributed by atoms with van der Waals surface area (Å²) in [6.07, 6.45) is 9.41. The van der Waals surface area contributed by atoms with Crippen LogP contribution in [0.15, 0.2) is 72.9 Å². The van der Waals surface area contributed by atoms with Crippen LogP contribution in [-0.2, 0) is 29.1 Å². The molecule has 0 unspecified atom stereocenters. The Hall–Kier alpha value is -3.41. The maximum atomic E-state index is 14.0. The molecule has 1 aliphatic rings. The minimum atomic E-state index is -0.245. The Balaban J connectivity index is 1.48. The zero-order valence-electron chi connectivity index (χ0n) is 24.1. The third-order valence-corrected chi connectivity index (χ3v) is 7.98. The average molecular weight is 546 g/mol. The Morgan fingerprint density at radius 2 is 1.62 bits per heavy atom. The molecule has 2 aromatic carbocycles. The molecule has 0 saturated heterocycles. The van der Waals surface area contributed by atoms with Gasteiger partial charge in [-0.1, -0.05) is 75.6 Å². The van der Waals surface area contributed by atoms with Gasteiger partial charge >= 0.3 is 0 Å². The number of nitrogens with zero attached hydrogens (tertiary/aromatic N) is 3. The van der Waals surface area contributed by atoms with E-state index in [0.29, 0.717) is 38.4 Å². The van der Waals surface area contributed by atoms with Gasteiger partial charge < -0.3 is 14.4 Å². The maximum absolute atomic E-state index is 14.0. The fourth-order valence-corrected chi connectivity index (χ4v) is 5.54. The first kappa shape index (κ1) is 29.6. The van der Waals surface area contributed by atoms with Gasteiger partial charge in [0.1, 0.15) is 5.82 Å². The van der Waals surface area contributed by atoms with Gasteiger partial charge in [-0.25, -0.2) is 4.39 Å². The summed E-state index contributed by atoms with van der Waals surface area (Å²) in [6.45, 7) is 6.14. The van der Waals surface area contributed by atoms with Crippen LogP contribution in [0.2, 0.25) is 0 Å². The lowest BCUT2D eigenvalue weighted by Crippen LogP contribution is -2.48. The molecule has 1 heterocycles. The molecule has 0 radical (unpaired) electrons. The summed E-state index contributed by atoms with van der Waals surface area (Å²) in [4.78, 5) is 31.2. The normalized spacial score (nSPS) is 13.9. The zero-order valence-corrected chi connectivity index (χ0v) is 24.1. The third kappa shape index (κ3) is 8.80. The van der Waals surface area contributed by atoms with E-state index in [1.807, 2.05) is 47.5 Å². The summed E-state index contributed by atoms with van der Waals surface area (Å²) in [5, 5.41) is 0. The summed E-state index contributed by atoms with van der Waals surface area (Å²) in [5.74, 6) is 0.272. The summed E-state index contributed by atoms with van der Waals surface area (Å²) < 4.78 is 15.6. The molecule has 1 aliphatic carbocycles. The molecule has 0 N–H and O–H groups in total. The smallest absolute Gasteiger partial charge is 0.242 e. The Labute approximate surface area is 239 Å². The number of carbonyl (C=O) groups excluding carboxylic acids is 2. The highest BCUT2D eigenvalue weighted by Gasteiger charge is 2.29. The molecule has 2 amide bonds.